The van der Waals surface area contributed by atoms with Crippen molar-refractivity contribution in [2.24, 2.45) is 0 Å². The van der Waals surface area contributed by atoms with Crippen LogP contribution in [0.5, 0.6) is 6.01 Å². The molecule has 0 atom stereocenters. The number of nitrogens with zero attached hydrogens (tertiary/aromatic N) is 3. The molecule has 0 spiro atoms. The van der Waals surface area contributed by atoms with E-state index in [0.29, 0.717) is 17.8 Å². The lowest BCUT2D eigenvalue weighted by Gasteiger charge is -2.08. The van der Waals surface area contributed by atoms with Gasteiger partial charge in [0.1, 0.15) is 12.1 Å². The van der Waals surface area contributed by atoms with Gasteiger partial charge in [0.05, 0.1) is 13.2 Å². The van der Waals surface area contributed by atoms with Crippen molar-refractivity contribution in [2.45, 2.75) is 25.9 Å². The maximum atomic E-state index is 12.5. The minimum absolute atomic E-state index is 0.0316. The van der Waals surface area contributed by atoms with Gasteiger partial charge in [-0.2, -0.15) is 9.97 Å². The minimum atomic E-state index is -0.622. The average Bonchev–Trinajstić information content (AvgIpc) is 3.12. The second kappa shape index (κ2) is 11.1. The number of nitrogens with two attached hydrogens (primary N) is 1. The highest BCUT2D eigenvalue weighted by Crippen LogP contribution is 2.18. The number of anilines is 1. The van der Waals surface area contributed by atoms with Crippen LogP contribution in [0.3, 0.4) is 0 Å². The normalized spacial score (nSPS) is 10.8. The molecule has 0 radical (unpaired) electrons. The summed E-state index contributed by atoms with van der Waals surface area (Å²) < 4.78 is 11.8. The zero-order chi connectivity index (χ0) is 23.8. The Morgan fingerprint density at radius 1 is 1.12 bits per heavy atom. The van der Waals surface area contributed by atoms with Crippen LogP contribution >= 0.6 is 0 Å². The van der Waals surface area contributed by atoms with Crippen LogP contribution in [-0.2, 0) is 27.4 Å². The van der Waals surface area contributed by atoms with E-state index >= 15 is 0 Å². The van der Waals surface area contributed by atoms with Gasteiger partial charge in [-0.25, -0.2) is 10.3 Å². The summed E-state index contributed by atoms with van der Waals surface area (Å²) in [6.45, 7) is 1.10. The van der Waals surface area contributed by atoms with Crippen LogP contribution < -0.4 is 27.0 Å². The number of amides is 2. The molecule has 13 heteroatoms. The Labute approximate surface area is 187 Å². The molecule has 0 bridgehead atoms. The molecule has 0 saturated carbocycles. The van der Waals surface area contributed by atoms with Crippen molar-refractivity contribution in [1.29, 1.82) is 0 Å². The number of aromatic nitrogens is 4. The lowest BCUT2D eigenvalue weighted by molar-refractivity contribution is -0.131. The number of fused-ring (bicyclic) bond motifs is 1. The molecular weight excluding hydrogens is 434 g/mol. The van der Waals surface area contributed by atoms with Gasteiger partial charge >= 0.3 is 11.7 Å². The van der Waals surface area contributed by atoms with E-state index in [1.165, 1.54) is 10.0 Å². The number of hydrogen-bond donors (Lipinski definition) is 5. The number of ether oxygens (including phenoxy) is 2. The SMILES string of the molecule is COCCOc1nc(N)c2[nH]c(=O)n(Cc3ccc(CNC(=O)CCC(=O)NO)cc3)c2n1. The number of nitrogens with one attached hydrogen (secondary N) is 3. The zero-order valence-electron chi connectivity index (χ0n) is 18.0. The summed E-state index contributed by atoms with van der Waals surface area (Å²) in [4.78, 5) is 46.2. The van der Waals surface area contributed by atoms with Gasteiger partial charge in [0.2, 0.25) is 11.8 Å². The van der Waals surface area contributed by atoms with Gasteiger partial charge in [-0.3, -0.25) is 19.4 Å². The van der Waals surface area contributed by atoms with Gasteiger partial charge in [0, 0.05) is 26.5 Å². The molecule has 1 aromatic carbocycles. The highest BCUT2D eigenvalue weighted by molar-refractivity contribution is 5.83. The van der Waals surface area contributed by atoms with Crippen molar-refractivity contribution in [3.63, 3.8) is 0 Å². The number of carbonyl (C=O) groups is 2. The molecule has 0 saturated heterocycles. The first-order chi connectivity index (χ1) is 15.9. The van der Waals surface area contributed by atoms with E-state index in [0.717, 1.165) is 11.1 Å². The van der Waals surface area contributed by atoms with Crippen LogP contribution in [0.15, 0.2) is 29.1 Å². The Hall–Kier alpha value is -3.97. The van der Waals surface area contributed by atoms with Gasteiger partial charge in [-0.15, -0.1) is 0 Å². The predicted molar refractivity (Wildman–Crippen MR) is 116 cm³/mol. The number of benzene rings is 1. The van der Waals surface area contributed by atoms with E-state index in [2.05, 4.69) is 20.3 Å². The van der Waals surface area contributed by atoms with Crippen molar-refractivity contribution >= 4 is 28.8 Å². The maximum absolute atomic E-state index is 12.5. The van der Waals surface area contributed by atoms with E-state index in [1.807, 2.05) is 24.3 Å². The van der Waals surface area contributed by atoms with Crippen LogP contribution in [0.25, 0.3) is 11.2 Å². The largest absolute Gasteiger partial charge is 0.461 e. The third-order valence-electron chi connectivity index (χ3n) is 4.71. The van der Waals surface area contributed by atoms with Gasteiger partial charge in [-0.1, -0.05) is 24.3 Å². The van der Waals surface area contributed by atoms with Crippen LogP contribution in [0.1, 0.15) is 24.0 Å². The van der Waals surface area contributed by atoms with Crippen molar-refractivity contribution in [1.82, 2.24) is 30.3 Å². The number of imidazole rings is 1. The zero-order valence-corrected chi connectivity index (χ0v) is 18.0. The number of H-pyrrole nitrogens is 1. The number of aromatic amines is 1. The monoisotopic (exact) mass is 459 g/mol. The quantitative estimate of drug-likeness (QED) is 0.145. The summed E-state index contributed by atoms with van der Waals surface area (Å²) in [5.74, 6) is -0.831. The van der Waals surface area contributed by atoms with Crippen molar-refractivity contribution in [3.8, 4) is 6.01 Å². The molecule has 3 aromatic rings. The fraction of sp³-hybridized carbons (Fsp3) is 0.350. The molecule has 176 valence electrons. The summed E-state index contributed by atoms with van der Waals surface area (Å²) >= 11 is 0. The van der Waals surface area contributed by atoms with E-state index in [4.69, 9.17) is 20.4 Å². The summed E-state index contributed by atoms with van der Waals surface area (Å²) in [5, 5.41) is 11.1. The van der Waals surface area contributed by atoms with Crippen LogP contribution in [0, 0.1) is 0 Å². The van der Waals surface area contributed by atoms with Crippen molar-refractivity contribution in [3.05, 3.63) is 45.9 Å². The molecule has 0 aliphatic rings. The van der Waals surface area contributed by atoms with Crippen molar-refractivity contribution < 1.29 is 24.3 Å². The number of hydrogen-bond acceptors (Lipinski definition) is 9. The van der Waals surface area contributed by atoms with Gasteiger partial charge in [0.25, 0.3) is 0 Å². The number of rotatable bonds is 11. The second-order valence-corrected chi connectivity index (χ2v) is 7.08. The Bertz CT molecular complexity index is 1170. The molecule has 2 heterocycles. The molecule has 3 rings (SSSR count). The van der Waals surface area contributed by atoms with Gasteiger partial charge in [0.15, 0.2) is 11.5 Å². The fourth-order valence-corrected chi connectivity index (χ4v) is 2.98. The Morgan fingerprint density at radius 3 is 2.52 bits per heavy atom. The summed E-state index contributed by atoms with van der Waals surface area (Å²) in [7, 11) is 1.55. The summed E-state index contributed by atoms with van der Waals surface area (Å²) in [5.41, 5.74) is 9.35. The number of nitrogen functional groups attached to an aromatic ring is 1. The van der Waals surface area contributed by atoms with Crippen LogP contribution in [-0.4, -0.2) is 56.9 Å². The van der Waals surface area contributed by atoms with Gasteiger partial charge < -0.3 is 25.5 Å². The number of methoxy groups -OCH3 is 1. The standard InChI is InChI=1S/C20H25N7O6/c1-32-8-9-33-19-24-17(21)16-18(25-19)27(20(30)23-16)11-13-4-2-12(3-5-13)10-22-14(28)6-7-15(29)26-31/h2-5,31H,6-11H2,1H3,(H,22,28)(H,23,30)(H,26,29)(H2,21,24,25). The van der Waals surface area contributed by atoms with Gasteiger partial charge in [-0.05, 0) is 11.1 Å². The lowest BCUT2D eigenvalue weighted by atomic mass is 10.1. The first-order valence-corrected chi connectivity index (χ1v) is 10.1. The molecular formula is C20H25N7O6. The first-order valence-electron chi connectivity index (χ1n) is 10.1. The summed E-state index contributed by atoms with van der Waals surface area (Å²) in [6, 6.07) is 7.34. The number of hydroxylamine groups is 1. The average molecular weight is 459 g/mol. The highest BCUT2D eigenvalue weighted by Gasteiger charge is 2.15. The second-order valence-electron chi connectivity index (χ2n) is 7.08. The van der Waals surface area contributed by atoms with E-state index in [9.17, 15) is 14.4 Å². The van der Waals surface area contributed by atoms with E-state index < -0.39 is 5.91 Å². The lowest BCUT2D eigenvalue weighted by Crippen LogP contribution is -2.26. The molecule has 6 N–H and O–H groups in total. The fourth-order valence-electron chi connectivity index (χ4n) is 2.98. The van der Waals surface area contributed by atoms with Crippen molar-refractivity contribution in [2.75, 3.05) is 26.1 Å². The van der Waals surface area contributed by atoms with E-state index in [1.54, 1.807) is 7.11 Å². The maximum Gasteiger partial charge on any atom is 0.328 e. The topological polar surface area (TPSA) is 186 Å². The first kappa shape index (κ1) is 23.7. The molecule has 2 aromatic heterocycles. The molecule has 0 unspecified atom stereocenters. The predicted octanol–water partition coefficient (Wildman–Crippen LogP) is -0.323. The molecule has 0 aliphatic heterocycles. The highest BCUT2D eigenvalue weighted by atomic mass is 16.5. The molecule has 0 aliphatic carbocycles. The van der Waals surface area contributed by atoms with Crippen LogP contribution in [0.2, 0.25) is 0 Å². The molecule has 13 nitrogen and oxygen atoms in total. The molecule has 33 heavy (non-hydrogen) atoms. The Balaban J connectivity index is 1.67. The van der Waals surface area contributed by atoms with E-state index in [-0.39, 0.29) is 56.0 Å². The Morgan fingerprint density at radius 2 is 1.82 bits per heavy atom. The minimum Gasteiger partial charge on any atom is -0.461 e. The molecule has 2 amide bonds. The third-order valence-corrected chi connectivity index (χ3v) is 4.71. The molecule has 0 fully saturated rings. The Kier molecular flexibility index (Phi) is 7.94. The number of carbonyl (C=O) groups excluding carboxylic acids is 2. The summed E-state index contributed by atoms with van der Waals surface area (Å²) in [6.07, 6.45) is -0.135. The third kappa shape index (κ3) is 6.27. The van der Waals surface area contributed by atoms with Crippen LogP contribution in [0.4, 0.5) is 5.82 Å². The smallest absolute Gasteiger partial charge is 0.328 e.